The van der Waals surface area contributed by atoms with Crippen LogP contribution in [-0.4, -0.2) is 31.1 Å². The zero-order chi connectivity index (χ0) is 15.5. The third-order valence-electron chi connectivity index (χ3n) is 3.76. The Morgan fingerprint density at radius 1 is 1.32 bits per heavy atom. The summed E-state index contributed by atoms with van der Waals surface area (Å²) in [4.78, 5) is 2.27. The van der Waals surface area contributed by atoms with Gasteiger partial charge in [-0.2, -0.15) is 13.2 Å². The molecule has 6 heteroatoms. The molecule has 0 amide bonds. The van der Waals surface area contributed by atoms with E-state index in [1.54, 1.807) is 6.07 Å². The average molecular weight is 338 g/mol. The Bertz CT molecular complexity index is 465. The number of nitrogens with zero attached hydrogens (tertiary/aromatic N) is 1. The summed E-state index contributed by atoms with van der Waals surface area (Å²) in [6.07, 6.45) is -3.48. The summed E-state index contributed by atoms with van der Waals surface area (Å²) in [7, 11) is 0. The van der Waals surface area contributed by atoms with Crippen LogP contribution in [0, 0.1) is 5.92 Å². The SMILES string of the molecule is CC(C)CCN1CCOC(c2cccc(C(F)(F)F)c2)C1.Cl. The van der Waals surface area contributed by atoms with Gasteiger partial charge < -0.3 is 4.74 Å². The van der Waals surface area contributed by atoms with Crippen LogP contribution in [0.3, 0.4) is 0 Å². The molecule has 0 aromatic heterocycles. The molecule has 1 aliphatic heterocycles. The lowest BCUT2D eigenvalue weighted by Crippen LogP contribution is -2.39. The highest BCUT2D eigenvalue weighted by Gasteiger charge is 2.31. The Morgan fingerprint density at radius 2 is 2.05 bits per heavy atom. The number of ether oxygens (including phenoxy) is 1. The van der Waals surface area contributed by atoms with Gasteiger partial charge in [0, 0.05) is 13.1 Å². The lowest BCUT2D eigenvalue weighted by molar-refractivity contribution is -0.137. The molecule has 1 atom stereocenters. The van der Waals surface area contributed by atoms with Gasteiger partial charge in [-0.1, -0.05) is 26.0 Å². The molecule has 0 bridgehead atoms. The minimum atomic E-state index is -4.30. The van der Waals surface area contributed by atoms with Gasteiger partial charge in [0.05, 0.1) is 18.3 Å². The molecule has 1 aromatic carbocycles. The fourth-order valence-corrected chi connectivity index (χ4v) is 2.46. The van der Waals surface area contributed by atoms with Crippen molar-refractivity contribution >= 4 is 12.4 Å². The largest absolute Gasteiger partial charge is 0.416 e. The quantitative estimate of drug-likeness (QED) is 0.799. The summed E-state index contributed by atoms with van der Waals surface area (Å²) in [5.74, 6) is 0.625. The lowest BCUT2D eigenvalue weighted by atomic mass is 10.0. The molecule has 1 saturated heterocycles. The number of halogens is 4. The first-order valence-corrected chi connectivity index (χ1v) is 7.37. The van der Waals surface area contributed by atoms with E-state index in [1.807, 2.05) is 0 Å². The molecule has 22 heavy (non-hydrogen) atoms. The van der Waals surface area contributed by atoms with Gasteiger partial charge >= 0.3 is 6.18 Å². The van der Waals surface area contributed by atoms with Gasteiger partial charge in [-0.15, -0.1) is 12.4 Å². The fraction of sp³-hybridized carbons (Fsp3) is 0.625. The van der Waals surface area contributed by atoms with Crippen LogP contribution in [0.5, 0.6) is 0 Å². The molecular weight excluding hydrogens is 315 g/mol. The minimum Gasteiger partial charge on any atom is -0.371 e. The van der Waals surface area contributed by atoms with E-state index in [0.717, 1.165) is 25.6 Å². The molecule has 0 radical (unpaired) electrons. The Kier molecular flexibility index (Phi) is 7.16. The molecule has 2 rings (SSSR count). The third-order valence-corrected chi connectivity index (χ3v) is 3.76. The zero-order valence-electron chi connectivity index (χ0n) is 12.9. The van der Waals surface area contributed by atoms with Crippen molar-refractivity contribution in [2.75, 3.05) is 26.2 Å². The number of hydrogen-bond donors (Lipinski definition) is 0. The maximum atomic E-state index is 12.8. The summed E-state index contributed by atoms with van der Waals surface area (Å²) >= 11 is 0. The van der Waals surface area contributed by atoms with Crippen molar-refractivity contribution in [1.82, 2.24) is 4.90 Å². The molecule has 2 nitrogen and oxygen atoms in total. The molecule has 0 saturated carbocycles. The Morgan fingerprint density at radius 3 is 2.68 bits per heavy atom. The smallest absolute Gasteiger partial charge is 0.371 e. The monoisotopic (exact) mass is 337 g/mol. The van der Waals surface area contributed by atoms with Crippen LogP contribution in [0.2, 0.25) is 0 Å². The van der Waals surface area contributed by atoms with Crippen LogP contribution >= 0.6 is 12.4 Å². The number of morpholine rings is 1. The van der Waals surface area contributed by atoms with Gasteiger partial charge in [0.1, 0.15) is 0 Å². The topological polar surface area (TPSA) is 12.5 Å². The van der Waals surface area contributed by atoms with Crippen LogP contribution < -0.4 is 0 Å². The molecule has 0 aliphatic carbocycles. The lowest BCUT2D eigenvalue weighted by Gasteiger charge is -2.33. The van der Waals surface area contributed by atoms with Crippen LogP contribution in [0.4, 0.5) is 13.2 Å². The second kappa shape index (κ2) is 8.18. The molecule has 1 aromatic rings. The average Bonchev–Trinajstić information content (AvgIpc) is 2.45. The van der Waals surface area contributed by atoms with E-state index in [1.165, 1.54) is 12.1 Å². The molecule has 1 unspecified atom stereocenters. The van der Waals surface area contributed by atoms with E-state index >= 15 is 0 Å². The van der Waals surface area contributed by atoms with Crippen molar-refractivity contribution < 1.29 is 17.9 Å². The first-order chi connectivity index (χ1) is 9.86. The Balaban J connectivity index is 0.00000242. The highest BCUT2D eigenvalue weighted by atomic mass is 35.5. The number of benzene rings is 1. The second-order valence-electron chi connectivity index (χ2n) is 5.97. The van der Waals surface area contributed by atoms with Gasteiger partial charge in [-0.3, -0.25) is 4.90 Å². The van der Waals surface area contributed by atoms with E-state index in [-0.39, 0.29) is 18.5 Å². The van der Waals surface area contributed by atoms with E-state index in [4.69, 9.17) is 4.74 Å². The maximum absolute atomic E-state index is 12.8. The molecule has 0 N–H and O–H groups in total. The first kappa shape index (κ1) is 19.3. The highest BCUT2D eigenvalue weighted by molar-refractivity contribution is 5.85. The van der Waals surface area contributed by atoms with Crippen molar-refractivity contribution in [1.29, 1.82) is 0 Å². The predicted octanol–water partition coefficient (Wildman–Crippen LogP) is 4.55. The van der Waals surface area contributed by atoms with Crippen molar-refractivity contribution in [2.45, 2.75) is 32.5 Å². The van der Waals surface area contributed by atoms with Gasteiger partial charge in [-0.05, 0) is 36.6 Å². The molecule has 1 fully saturated rings. The summed E-state index contributed by atoms with van der Waals surface area (Å²) in [6.45, 7) is 7.39. The molecular formula is C16H23ClF3NO. The van der Waals surface area contributed by atoms with Gasteiger partial charge in [0.15, 0.2) is 0 Å². The van der Waals surface area contributed by atoms with Crippen LogP contribution in [0.25, 0.3) is 0 Å². The minimum absolute atomic E-state index is 0. The summed E-state index contributed by atoms with van der Waals surface area (Å²) in [6, 6.07) is 5.47. The van der Waals surface area contributed by atoms with E-state index in [2.05, 4.69) is 18.7 Å². The van der Waals surface area contributed by atoms with E-state index in [0.29, 0.717) is 24.6 Å². The van der Waals surface area contributed by atoms with Crippen molar-refractivity contribution in [3.05, 3.63) is 35.4 Å². The third kappa shape index (κ3) is 5.45. The second-order valence-corrected chi connectivity index (χ2v) is 5.97. The molecule has 1 aliphatic rings. The normalized spacial score (nSPS) is 20.0. The molecule has 126 valence electrons. The predicted molar refractivity (Wildman–Crippen MR) is 83.3 cm³/mol. The summed E-state index contributed by atoms with van der Waals surface area (Å²) in [5, 5.41) is 0. The van der Waals surface area contributed by atoms with Gasteiger partial charge in [0.25, 0.3) is 0 Å². The first-order valence-electron chi connectivity index (χ1n) is 7.37. The standard InChI is InChI=1S/C16H22F3NO.ClH/c1-12(2)6-7-20-8-9-21-15(11-20)13-4-3-5-14(10-13)16(17,18)19;/h3-5,10,12,15H,6-9,11H2,1-2H3;1H. The Labute approximate surface area is 136 Å². The van der Waals surface area contributed by atoms with Crippen molar-refractivity contribution in [3.63, 3.8) is 0 Å². The summed E-state index contributed by atoms with van der Waals surface area (Å²) < 4.78 is 44.0. The number of hydrogen-bond acceptors (Lipinski definition) is 2. The fourth-order valence-electron chi connectivity index (χ4n) is 2.46. The van der Waals surface area contributed by atoms with Gasteiger partial charge in [0.2, 0.25) is 0 Å². The van der Waals surface area contributed by atoms with Crippen LogP contribution in [-0.2, 0) is 10.9 Å². The van der Waals surface area contributed by atoms with Crippen molar-refractivity contribution in [3.8, 4) is 0 Å². The Hall–Kier alpha value is -0.780. The van der Waals surface area contributed by atoms with Crippen LogP contribution in [0.1, 0.15) is 37.5 Å². The maximum Gasteiger partial charge on any atom is 0.416 e. The van der Waals surface area contributed by atoms with Gasteiger partial charge in [-0.25, -0.2) is 0 Å². The molecule has 1 heterocycles. The number of rotatable bonds is 4. The van der Waals surface area contributed by atoms with Crippen molar-refractivity contribution in [2.24, 2.45) is 5.92 Å². The van der Waals surface area contributed by atoms with E-state index < -0.39 is 11.7 Å². The number of alkyl halides is 3. The zero-order valence-corrected chi connectivity index (χ0v) is 13.7. The van der Waals surface area contributed by atoms with E-state index in [9.17, 15) is 13.2 Å². The molecule has 0 spiro atoms. The summed E-state index contributed by atoms with van der Waals surface area (Å²) in [5.41, 5.74) is 0.00183. The highest BCUT2D eigenvalue weighted by Crippen LogP contribution is 2.32. The van der Waals surface area contributed by atoms with Crippen LogP contribution in [0.15, 0.2) is 24.3 Å².